The van der Waals surface area contributed by atoms with Crippen LogP contribution in [-0.2, 0) is 0 Å². The van der Waals surface area contributed by atoms with Gasteiger partial charge in [0.25, 0.3) is 5.69 Å². The number of anilines is 1. The largest absolute Gasteiger partial charge is 0.494 e. The van der Waals surface area contributed by atoms with Gasteiger partial charge in [-0.25, -0.2) is 0 Å². The summed E-state index contributed by atoms with van der Waals surface area (Å²) in [5, 5.41) is 14.8. The van der Waals surface area contributed by atoms with Crippen LogP contribution in [-0.4, -0.2) is 24.4 Å². The van der Waals surface area contributed by atoms with Crippen LogP contribution in [0.3, 0.4) is 0 Å². The van der Waals surface area contributed by atoms with Crippen molar-refractivity contribution in [3.8, 4) is 11.5 Å². The van der Waals surface area contributed by atoms with Crippen LogP contribution in [0.4, 0.5) is 11.4 Å². The Bertz CT molecular complexity index is 714. The summed E-state index contributed by atoms with van der Waals surface area (Å²) in [6.07, 6.45) is 1.63. The lowest BCUT2D eigenvalue weighted by molar-refractivity contribution is -0.384. The average Bonchev–Trinajstić information content (AvgIpc) is 2.58. The molecule has 7 heteroatoms. The number of hydrazone groups is 1. The van der Waals surface area contributed by atoms with Gasteiger partial charge in [-0.15, -0.1) is 0 Å². The van der Waals surface area contributed by atoms with Crippen LogP contribution >= 0.6 is 0 Å². The molecular formula is C17H19N3O4. The SMILES string of the molecule is CCOc1ccc(/C=N/Nc2ccc([N+](=O)[O-])cc2)c(OCC)c1. The van der Waals surface area contributed by atoms with Gasteiger partial charge in [0.05, 0.1) is 30.0 Å². The minimum absolute atomic E-state index is 0.0367. The van der Waals surface area contributed by atoms with Crippen molar-refractivity contribution in [1.29, 1.82) is 0 Å². The predicted octanol–water partition coefficient (Wildman–Crippen LogP) is 3.84. The van der Waals surface area contributed by atoms with Gasteiger partial charge in [0.2, 0.25) is 0 Å². The van der Waals surface area contributed by atoms with E-state index in [4.69, 9.17) is 9.47 Å². The van der Waals surface area contributed by atoms with Crippen molar-refractivity contribution in [3.63, 3.8) is 0 Å². The standard InChI is InChI=1S/C17H19N3O4/c1-3-23-16-10-5-13(17(11-16)24-4-2)12-18-19-14-6-8-15(9-7-14)20(21)22/h5-12,19H,3-4H2,1-2H3/b18-12+. The number of ether oxygens (including phenoxy) is 2. The summed E-state index contributed by atoms with van der Waals surface area (Å²) < 4.78 is 11.1. The van der Waals surface area contributed by atoms with Gasteiger partial charge in [0.1, 0.15) is 11.5 Å². The number of non-ortho nitro benzene ring substituents is 1. The Balaban J connectivity index is 2.08. The molecule has 0 unspecified atom stereocenters. The Labute approximate surface area is 140 Å². The predicted molar refractivity (Wildman–Crippen MR) is 93.1 cm³/mol. The number of nitrogens with zero attached hydrogens (tertiary/aromatic N) is 2. The summed E-state index contributed by atoms with van der Waals surface area (Å²) in [5.74, 6) is 1.42. The number of nitrogens with one attached hydrogen (secondary N) is 1. The van der Waals surface area contributed by atoms with Crippen LogP contribution in [0, 0.1) is 10.1 Å². The van der Waals surface area contributed by atoms with Gasteiger partial charge >= 0.3 is 0 Å². The zero-order chi connectivity index (χ0) is 17.4. The van der Waals surface area contributed by atoms with Crippen LogP contribution in [0.25, 0.3) is 0 Å². The summed E-state index contributed by atoms with van der Waals surface area (Å²) >= 11 is 0. The first-order chi connectivity index (χ1) is 11.6. The molecule has 0 spiro atoms. The maximum Gasteiger partial charge on any atom is 0.269 e. The highest BCUT2D eigenvalue weighted by molar-refractivity contribution is 5.84. The van der Waals surface area contributed by atoms with Crippen molar-refractivity contribution in [1.82, 2.24) is 0 Å². The third-order valence-electron chi connectivity index (χ3n) is 3.07. The summed E-state index contributed by atoms with van der Waals surface area (Å²) in [6.45, 7) is 4.94. The second kappa shape index (κ2) is 8.52. The van der Waals surface area contributed by atoms with Crippen LogP contribution in [0.15, 0.2) is 47.6 Å². The van der Waals surface area contributed by atoms with E-state index >= 15 is 0 Å². The van der Waals surface area contributed by atoms with Crippen molar-refractivity contribution in [2.24, 2.45) is 5.10 Å². The van der Waals surface area contributed by atoms with Gasteiger partial charge in [0, 0.05) is 23.8 Å². The topological polar surface area (TPSA) is 86.0 Å². The smallest absolute Gasteiger partial charge is 0.269 e. The van der Waals surface area contributed by atoms with E-state index in [-0.39, 0.29) is 5.69 Å². The second-order valence-corrected chi connectivity index (χ2v) is 4.74. The first-order valence-electron chi connectivity index (χ1n) is 7.57. The Morgan fingerprint density at radius 2 is 1.83 bits per heavy atom. The summed E-state index contributed by atoms with van der Waals surface area (Å²) in [4.78, 5) is 10.2. The van der Waals surface area contributed by atoms with Crippen molar-refractivity contribution >= 4 is 17.6 Å². The third kappa shape index (κ3) is 4.70. The Morgan fingerprint density at radius 1 is 1.12 bits per heavy atom. The molecule has 24 heavy (non-hydrogen) atoms. The van der Waals surface area contributed by atoms with E-state index in [0.717, 1.165) is 11.3 Å². The minimum atomic E-state index is -0.443. The van der Waals surface area contributed by atoms with Gasteiger partial charge in [-0.3, -0.25) is 15.5 Å². The molecular weight excluding hydrogens is 310 g/mol. The quantitative estimate of drug-likeness (QED) is 0.452. The van der Waals surface area contributed by atoms with Gasteiger partial charge in [-0.1, -0.05) is 0 Å². The molecule has 7 nitrogen and oxygen atoms in total. The lowest BCUT2D eigenvalue weighted by atomic mass is 10.2. The molecule has 1 N–H and O–H groups in total. The molecule has 0 heterocycles. The highest BCUT2D eigenvalue weighted by atomic mass is 16.6. The molecule has 2 aromatic carbocycles. The molecule has 0 aromatic heterocycles. The van der Waals surface area contributed by atoms with Crippen molar-refractivity contribution in [2.45, 2.75) is 13.8 Å². The first-order valence-corrected chi connectivity index (χ1v) is 7.57. The maximum atomic E-state index is 10.6. The normalized spacial score (nSPS) is 10.6. The maximum absolute atomic E-state index is 10.6. The van der Waals surface area contributed by atoms with Crippen molar-refractivity contribution < 1.29 is 14.4 Å². The molecule has 0 radical (unpaired) electrons. The Hall–Kier alpha value is -3.09. The van der Waals surface area contributed by atoms with Crippen LogP contribution < -0.4 is 14.9 Å². The molecule has 0 atom stereocenters. The van der Waals surface area contributed by atoms with Gasteiger partial charge in [0.15, 0.2) is 0 Å². The van der Waals surface area contributed by atoms with E-state index < -0.39 is 4.92 Å². The molecule has 0 aliphatic rings. The monoisotopic (exact) mass is 329 g/mol. The van der Waals surface area contributed by atoms with Crippen LogP contribution in [0.1, 0.15) is 19.4 Å². The fraction of sp³-hybridized carbons (Fsp3) is 0.235. The highest BCUT2D eigenvalue weighted by Crippen LogP contribution is 2.24. The first kappa shape index (κ1) is 17.3. The lowest BCUT2D eigenvalue weighted by Crippen LogP contribution is -1.99. The molecule has 0 amide bonds. The number of nitro groups is 1. The van der Waals surface area contributed by atoms with E-state index in [1.54, 1.807) is 18.3 Å². The van der Waals surface area contributed by atoms with E-state index in [0.29, 0.717) is 24.7 Å². The Kier molecular flexibility index (Phi) is 6.13. The van der Waals surface area contributed by atoms with Gasteiger partial charge < -0.3 is 9.47 Å². The molecule has 126 valence electrons. The second-order valence-electron chi connectivity index (χ2n) is 4.74. The lowest BCUT2D eigenvalue weighted by Gasteiger charge is -2.10. The molecule has 0 bridgehead atoms. The molecule has 2 rings (SSSR count). The van der Waals surface area contributed by atoms with Crippen LogP contribution in [0.5, 0.6) is 11.5 Å². The number of benzene rings is 2. The minimum Gasteiger partial charge on any atom is -0.494 e. The highest BCUT2D eigenvalue weighted by Gasteiger charge is 2.05. The Morgan fingerprint density at radius 3 is 2.46 bits per heavy atom. The third-order valence-corrected chi connectivity index (χ3v) is 3.07. The molecule has 0 saturated carbocycles. The summed E-state index contributed by atoms with van der Waals surface area (Å²) in [6, 6.07) is 11.5. The molecule has 0 aliphatic heterocycles. The van der Waals surface area contributed by atoms with Crippen LogP contribution in [0.2, 0.25) is 0 Å². The molecule has 0 fully saturated rings. The fourth-order valence-electron chi connectivity index (χ4n) is 1.99. The van der Waals surface area contributed by atoms with E-state index in [2.05, 4.69) is 10.5 Å². The number of hydrogen-bond acceptors (Lipinski definition) is 6. The zero-order valence-electron chi connectivity index (χ0n) is 13.6. The van der Waals surface area contributed by atoms with Gasteiger partial charge in [-0.2, -0.15) is 5.10 Å². The molecule has 0 aliphatic carbocycles. The van der Waals surface area contributed by atoms with Crippen molar-refractivity contribution in [3.05, 3.63) is 58.1 Å². The number of nitro benzene ring substituents is 1. The van der Waals surface area contributed by atoms with Crippen molar-refractivity contribution in [2.75, 3.05) is 18.6 Å². The van der Waals surface area contributed by atoms with E-state index in [1.165, 1.54) is 12.1 Å². The zero-order valence-corrected chi connectivity index (χ0v) is 13.6. The number of hydrogen-bond donors (Lipinski definition) is 1. The van der Waals surface area contributed by atoms with E-state index in [1.807, 2.05) is 32.0 Å². The molecule has 2 aromatic rings. The summed E-state index contributed by atoms with van der Waals surface area (Å²) in [7, 11) is 0. The van der Waals surface area contributed by atoms with E-state index in [9.17, 15) is 10.1 Å². The fourth-order valence-corrected chi connectivity index (χ4v) is 1.99. The van der Waals surface area contributed by atoms with Gasteiger partial charge in [-0.05, 0) is 38.1 Å². The summed E-state index contributed by atoms with van der Waals surface area (Å²) in [5.41, 5.74) is 4.32. The molecule has 0 saturated heterocycles. The number of rotatable bonds is 8. The average molecular weight is 329 g/mol.